The monoisotopic (exact) mass is 493 g/mol. The van der Waals surface area contributed by atoms with Crippen molar-refractivity contribution in [2.45, 2.75) is 12.6 Å². The van der Waals surface area contributed by atoms with Crippen molar-refractivity contribution < 1.29 is 14.4 Å². The normalized spacial score (nSPS) is 20.9. The lowest BCUT2D eigenvalue weighted by molar-refractivity contribution is -0.139. The average Bonchev–Trinajstić information content (AvgIpc) is 3.19. The second-order valence-electron chi connectivity index (χ2n) is 9.13. The summed E-state index contributed by atoms with van der Waals surface area (Å²) >= 11 is 6.39. The molecular formula is C26H28ClN5O3. The number of urea groups is 1. The summed E-state index contributed by atoms with van der Waals surface area (Å²) in [5, 5.41) is 3.36. The van der Waals surface area contributed by atoms with E-state index >= 15 is 0 Å². The Bertz CT molecular complexity index is 1180. The lowest BCUT2D eigenvalue weighted by Gasteiger charge is -2.35. The van der Waals surface area contributed by atoms with Gasteiger partial charge < -0.3 is 15.1 Å². The second kappa shape index (κ2) is 9.71. The fourth-order valence-electron chi connectivity index (χ4n) is 4.95. The van der Waals surface area contributed by atoms with Crippen molar-refractivity contribution in [2.75, 3.05) is 46.3 Å². The molecule has 1 N–H and O–H groups in total. The first-order chi connectivity index (χ1) is 16.9. The third-order valence-corrected chi connectivity index (χ3v) is 7.30. The zero-order chi connectivity index (χ0) is 24.5. The third kappa shape index (κ3) is 4.63. The van der Waals surface area contributed by atoms with Gasteiger partial charge in [0.15, 0.2) is 0 Å². The molecule has 0 saturated carbocycles. The number of benzene rings is 2. The largest absolute Gasteiger partial charge is 0.339 e. The molecular weight excluding hydrogens is 466 g/mol. The Morgan fingerprint density at radius 3 is 2.40 bits per heavy atom. The summed E-state index contributed by atoms with van der Waals surface area (Å²) in [5.74, 6) is -0.318. The summed E-state index contributed by atoms with van der Waals surface area (Å²) in [6.07, 6.45) is 0. The number of carbonyl (C=O) groups is 3. The van der Waals surface area contributed by atoms with Crippen LogP contribution in [-0.4, -0.2) is 83.8 Å². The molecule has 5 rings (SSSR count). The minimum Gasteiger partial charge on any atom is -0.339 e. The van der Waals surface area contributed by atoms with E-state index in [1.807, 2.05) is 29.2 Å². The lowest BCUT2D eigenvalue weighted by atomic mass is 9.96. The Labute approximate surface area is 209 Å². The van der Waals surface area contributed by atoms with E-state index in [0.29, 0.717) is 34.9 Å². The second-order valence-corrected chi connectivity index (χ2v) is 9.53. The van der Waals surface area contributed by atoms with Crippen LogP contribution >= 0.6 is 11.6 Å². The number of piperazine rings is 1. The molecule has 0 unspecified atom stereocenters. The van der Waals surface area contributed by atoms with Gasteiger partial charge in [-0.2, -0.15) is 0 Å². The Morgan fingerprint density at radius 1 is 1.00 bits per heavy atom. The number of nitrogens with one attached hydrogen (secondary N) is 1. The summed E-state index contributed by atoms with van der Waals surface area (Å²) in [6, 6.07) is 16.5. The molecule has 182 valence electrons. The molecule has 8 nitrogen and oxygen atoms in total. The van der Waals surface area contributed by atoms with Crippen molar-refractivity contribution >= 4 is 29.4 Å². The highest BCUT2D eigenvalue weighted by atomic mass is 35.5. The number of hydrogen-bond acceptors (Lipinski definition) is 4. The minimum absolute atomic E-state index is 0.0121. The average molecular weight is 494 g/mol. The van der Waals surface area contributed by atoms with Gasteiger partial charge in [-0.05, 0) is 17.2 Å². The number of rotatable bonds is 5. The molecule has 3 heterocycles. The lowest BCUT2D eigenvalue weighted by Crippen LogP contribution is -2.51. The molecule has 0 spiro atoms. The smallest absolute Gasteiger partial charge is 0.322 e. The van der Waals surface area contributed by atoms with E-state index < -0.39 is 6.04 Å². The van der Waals surface area contributed by atoms with Crippen LogP contribution in [0.15, 0.2) is 65.9 Å². The molecule has 0 bridgehead atoms. The first-order valence-electron chi connectivity index (χ1n) is 11.8. The summed E-state index contributed by atoms with van der Waals surface area (Å²) in [7, 11) is 1.64. The Kier molecular flexibility index (Phi) is 6.49. The van der Waals surface area contributed by atoms with E-state index in [-0.39, 0.29) is 30.9 Å². The van der Waals surface area contributed by atoms with Crippen LogP contribution in [0.2, 0.25) is 5.02 Å². The van der Waals surface area contributed by atoms with Gasteiger partial charge in [-0.15, -0.1) is 0 Å². The molecule has 2 aromatic rings. The molecule has 4 amide bonds. The standard InChI is InChI=1S/C26H28ClN5O3/c1-29-21-16-32(25(34)23(21)24(28-26(29)35)19-9-5-6-10-20(19)27)17-22(33)31-13-11-30(12-14-31)15-18-7-3-2-4-8-18/h2-10,24H,11-17H2,1H3,(H,28,35)/t24-/m1/s1. The first-order valence-corrected chi connectivity index (χ1v) is 12.1. The zero-order valence-corrected chi connectivity index (χ0v) is 20.4. The van der Waals surface area contributed by atoms with Crippen molar-refractivity contribution in [2.24, 2.45) is 0 Å². The molecule has 3 aliphatic heterocycles. The number of nitrogens with zero attached hydrogens (tertiary/aromatic N) is 4. The van der Waals surface area contributed by atoms with Crippen LogP contribution in [0, 0.1) is 0 Å². The quantitative estimate of drug-likeness (QED) is 0.694. The molecule has 1 fully saturated rings. The molecule has 0 aromatic heterocycles. The van der Waals surface area contributed by atoms with Crippen LogP contribution < -0.4 is 5.32 Å². The maximum atomic E-state index is 13.4. The molecule has 1 saturated heterocycles. The number of likely N-dealkylation sites (N-methyl/N-ethyl adjacent to an activating group) is 1. The molecule has 0 aliphatic carbocycles. The van der Waals surface area contributed by atoms with Gasteiger partial charge in [0, 0.05) is 44.8 Å². The van der Waals surface area contributed by atoms with Crippen molar-refractivity contribution in [3.05, 3.63) is 82.0 Å². The SMILES string of the molecule is CN1C(=O)N[C@H](c2ccccc2Cl)C2=C1CN(CC(=O)N1CCN(Cc3ccccc3)CC1)C2=O. The Balaban J connectivity index is 1.24. The van der Waals surface area contributed by atoms with Crippen LogP contribution in [0.1, 0.15) is 17.2 Å². The number of halogens is 1. The highest BCUT2D eigenvalue weighted by molar-refractivity contribution is 6.31. The molecule has 1 atom stereocenters. The zero-order valence-electron chi connectivity index (χ0n) is 19.6. The highest BCUT2D eigenvalue weighted by Crippen LogP contribution is 2.37. The summed E-state index contributed by atoms with van der Waals surface area (Å²) in [4.78, 5) is 46.3. The number of hydrogen-bond donors (Lipinski definition) is 1. The van der Waals surface area contributed by atoms with Crippen molar-refractivity contribution in [1.82, 2.24) is 24.9 Å². The summed E-state index contributed by atoms with van der Waals surface area (Å²) in [6.45, 7) is 3.91. The van der Waals surface area contributed by atoms with Gasteiger partial charge in [-0.1, -0.05) is 60.1 Å². The Morgan fingerprint density at radius 2 is 1.69 bits per heavy atom. The topological polar surface area (TPSA) is 76.2 Å². The highest BCUT2D eigenvalue weighted by Gasteiger charge is 2.44. The fourth-order valence-corrected chi connectivity index (χ4v) is 5.20. The minimum atomic E-state index is -0.642. The van der Waals surface area contributed by atoms with Gasteiger partial charge in [0.2, 0.25) is 5.91 Å². The maximum absolute atomic E-state index is 13.4. The van der Waals surface area contributed by atoms with Gasteiger partial charge in [0.25, 0.3) is 5.91 Å². The van der Waals surface area contributed by atoms with Gasteiger partial charge in [-0.3, -0.25) is 19.4 Å². The molecule has 9 heteroatoms. The van der Waals surface area contributed by atoms with Crippen LogP contribution in [-0.2, 0) is 16.1 Å². The van der Waals surface area contributed by atoms with Crippen molar-refractivity contribution in [3.8, 4) is 0 Å². The fraction of sp³-hybridized carbons (Fsp3) is 0.346. The van der Waals surface area contributed by atoms with Gasteiger partial charge >= 0.3 is 6.03 Å². The van der Waals surface area contributed by atoms with Crippen LogP contribution in [0.3, 0.4) is 0 Å². The third-order valence-electron chi connectivity index (χ3n) is 6.95. The van der Waals surface area contributed by atoms with E-state index in [9.17, 15) is 14.4 Å². The van der Waals surface area contributed by atoms with Crippen molar-refractivity contribution in [3.63, 3.8) is 0 Å². The molecule has 0 radical (unpaired) electrons. The molecule has 35 heavy (non-hydrogen) atoms. The predicted molar refractivity (Wildman–Crippen MR) is 132 cm³/mol. The molecule has 3 aliphatic rings. The van der Waals surface area contributed by atoms with Crippen molar-refractivity contribution in [1.29, 1.82) is 0 Å². The van der Waals surface area contributed by atoms with Crippen LogP contribution in [0.4, 0.5) is 4.79 Å². The predicted octanol–water partition coefficient (Wildman–Crippen LogP) is 2.48. The van der Waals surface area contributed by atoms with E-state index in [4.69, 9.17) is 11.6 Å². The van der Waals surface area contributed by atoms with E-state index in [0.717, 1.165) is 19.6 Å². The van der Waals surface area contributed by atoms with Crippen LogP contribution in [0.5, 0.6) is 0 Å². The summed E-state index contributed by atoms with van der Waals surface area (Å²) in [5.41, 5.74) is 3.01. The molecule has 2 aromatic carbocycles. The first kappa shape index (κ1) is 23.4. The number of amides is 4. The van der Waals surface area contributed by atoms with Gasteiger partial charge in [0.1, 0.15) is 6.54 Å². The summed E-state index contributed by atoms with van der Waals surface area (Å²) < 4.78 is 0. The van der Waals surface area contributed by atoms with E-state index in [2.05, 4.69) is 22.3 Å². The van der Waals surface area contributed by atoms with Gasteiger partial charge in [-0.25, -0.2) is 4.79 Å². The van der Waals surface area contributed by atoms with E-state index in [1.54, 1.807) is 25.2 Å². The van der Waals surface area contributed by atoms with E-state index in [1.165, 1.54) is 15.4 Å². The van der Waals surface area contributed by atoms with Crippen LogP contribution in [0.25, 0.3) is 0 Å². The van der Waals surface area contributed by atoms with Gasteiger partial charge in [0.05, 0.1) is 23.9 Å². The Hall–Kier alpha value is -3.36. The maximum Gasteiger partial charge on any atom is 0.322 e. The number of carbonyl (C=O) groups excluding carboxylic acids is 3.